The molecule has 6 nitrogen and oxygen atoms in total. The normalized spacial score (nSPS) is 20.1. The second-order valence-corrected chi connectivity index (χ2v) is 9.07. The fourth-order valence-electron chi connectivity index (χ4n) is 4.16. The van der Waals surface area contributed by atoms with Gasteiger partial charge in [0.05, 0.1) is 35.2 Å². The van der Waals surface area contributed by atoms with Crippen molar-refractivity contribution in [3.05, 3.63) is 70.8 Å². The third-order valence-corrected chi connectivity index (χ3v) is 6.86. The van der Waals surface area contributed by atoms with Gasteiger partial charge in [0.15, 0.2) is 0 Å². The van der Waals surface area contributed by atoms with Crippen LogP contribution < -0.4 is 10.6 Å². The Morgan fingerprint density at radius 2 is 1.73 bits per heavy atom. The van der Waals surface area contributed by atoms with Gasteiger partial charge in [0.2, 0.25) is 5.91 Å². The number of nitrogens with one attached hydrogen (secondary N) is 2. The number of nitriles is 2. The van der Waals surface area contributed by atoms with Crippen LogP contribution in [-0.2, 0) is 11.2 Å². The van der Waals surface area contributed by atoms with E-state index in [-0.39, 0.29) is 48.8 Å². The quantitative estimate of drug-likeness (QED) is 0.627. The minimum atomic E-state index is -0.132. The maximum absolute atomic E-state index is 12.7. The van der Waals surface area contributed by atoms with E-state index in [9.17, 15) is 4.79 Å². The monoisotopic (exact) mass is 503 g/mol. The molecule has 2 aliphatic rings. The van der Waals surface area contributed by atoms with E-state index in [0.717, 1.165) is 48.7 Å². The summed E-state index contributed by atoms with van der Waals surface area (Å²) in [4.78, 5) is 14.7. The van der Waals surface area contributed by atoms with Crippen molar-refractivity contribution in [2.75, 3.05) is 24.7 Å². The second kappa shape index (κ2) is 12.8. The topological polar surface area (TPSA) is 91.9 Å². The molecular formula is C24H27Cl2N5OS. The highest BCUT2D eigenvalue weighted by Crippen LogP contribution is 2.23. The highest BCUT2D eigenvalue weighted by molar-refractivity contribution is 7.99. The Bertz CT molecular complexity index is 998. The molecule has 4 rings (SSSR count). The Morgan fingerprint density at radius 1 is 1.09 bits per heavy atom. The molecule has 0 spiro atoms. The molecule has 2 fully saturated rings. The number of thioether (sulfide) groups is 1. The predicted molar refractivity (Wildman–Crippen MR) is 136 cm³/mol. The lowest BCUT2D eigenvalue weighted by molar-refractivity contribution is -0.131. The SMILES string of the molecule is Cl.Cl.N#Cc1ccc(CC(N[C@@H]2CN[C@H](C(=O)N3CCSC3)C2)c2ccc(C#N)cc2)cc1. The van der Waals surface area contributed by atoms with Crippen LogP contribution in [0.15, 0.2) is 48.5 Å². The number of carbonyl (C=O) groups excluding carboxylic acids is 1. The number of hydrogen-bond acceptors (Lipinski definition) is 6. The molecule has 3 atom stereocenters. The highest BCUT2D eigenvalue weighted by atomic mass is 35.5. The molecule has 1 amide bonds. The van der Waals surface area contributed by atoms with E-state index in [1.807, 2.05) is 53.4 Å². The first-order valence-electron chi connectivity index (χ1n) is 10.5. The standard InChI is InChI=1S/C24H25N5OS.2ClH/c25-13-18-3-1-17(2-4-18)11-22(20-7-5-19(14-26)6-8-20)28-21-12-23(27-15-21)24(30)29-9-10-31-16-29;;/h1-8,21-23,27-28H,9-12,15-16H2;2*1H/t21-,22?,23-;;/m0../s1. The smallest absolute Gasteiger partial charge is 0.240 e. The van der Waals surface area contributed by atoms with Crippen molar-refractivity contribution in [2.24, 2.45) is 0 Å². The highest BCUT2D eigenvalue weighted by Gasteiger charge is 2.34. The van der Waals surface area contributed by atoms with Crippen molar-refractivity contribution in [1.82, 2.24) is 15.5 Å². The molecule has 2 aromatic carbocycles. The van der Waals surface area contributed by atoms with Crippen molar-refractivity contribution >= 4 is 42.5 Å². The van der Waals surface area contributed by atoms with Gasteiger partial charge in [-0.1, -0.05) is 24.3 Å². The lowest BCUT2D eigenvalue weighted by Crippen LogP contribution is -2.42. The van der Waals surface area contributed by atoms with Gasteiger partial charge in [0.25, 0.3) is 0 Å². The van der Waals surface area contributed by atoms with Crippen molar-refractivity contribution in [3.63, 3.8) is 0 Å². The summed E-state index contributed by atoms with van der Waals surface area (Å²) in [5.41, 5.74) is 3.52. The molecule has 2 aliphatic heterocycles. The molecular weight excluding hydrogens is 477 g/mol. The molecule has 33 heavy (non-hydrogen) atoms. The van der Waals surface area contributed by atoms with E-state index >= 15 is 0 Å². The van der Waals surface area contributed by atoms with E-state index in [4.69, 9.17) is 10.5 Å². The minimum absolute atomic E-state index is 0. The summed E-state index contributed by atoms with van der Waals surface area (Å²) in [5, 5.41) is 25.3. The van der Waals surface area contributed by atoms with E-state index in [1.165, 1.54) is 0 Å². The predicted octanol–water partition coefficient (Wildman–Crippen LogP) is 3.41. The zero-order valence-corrected chi connectivity index (χ0v) is 20.5. The van der Waals surface area contributed by atoms with E-state index in [2.05, 4.69) is 22.8 Å². The average Bonchev–Trinajstić information content (AvgIpc) is 3.51. The van der Waals surface area contributed by atoms with E-state index in [0.29, 0.717) is 11.1 Å². The van der Waals surface area contributed by atoms with Crippen LogP contribution in [0.25, 0.3) is 0 Å². The van der Waals surface area contributed by atoms with Crippen LogP contribution in [0, 0.1) is 22.7 Å². The molecule has 2 N–H and O–H groups in total. The fraction of sp³-hybridized carbons (Fsp3) is 0.375. The Labute approximate surface area is 211 Å². The van der Waals surface area contributed by atoms with Crippen molar-refractivity contribution in [3.8, 4) is 12.1 Å². The van der Waals surface area contributed by atoms with Gasteiger partial charge in [0.1, 0.15) is 0 Å². The summed E-state index contributed by atoms with van der Waals surface area (Å²) in [6.07, 6.45) is 1.52. The number of carbonyl (C=O) groups is 1. The van der Waals surface area contributed by atoms with Crippen molar-refractivity contribution in [1.29, 1.82) is 10.5 Å². The number of benzene rings is 2. The van der Waals surface area contributed by atoms with Crippen molar-refractivity contribution < 1.29 is 4.79 Å². The minimum Gasteiger partial charge on any atom is -0.331 e. The Morgan fingerprint density at radius 3 is 2.30 bits per heavy atom. The van der Waals surface area contributed by atoms with Gasteiger partial charge in [-0.25, -0.2) is 0 Å². The number of halogens is 2. The molecule has 9 heteroatoms. The summed E-state index contributed by atoms with van der Waals surface area (Å²) in [6, 6.07) is 19.7. The van der Waals surface area contributed by atoms with Crippen LogP contribution in [0.5, 0.6) is 0 Å². The van der Waals surface area contributed by atoms with Crippen LogP contribution in [0.2, 0.25) is 0 Å². The first kappa shape index (κ1) is 27.0. The van der Waals surface area contributed by atoms with Gasteiger partial charge in [-0.3, -0.25) is 4.79 Å². The number of amides is 1. The molecule has 0 saturated carbocycles. The lowest BCUT2D eigenvalue weighted by Gasteiger charge is -2.24. The molecule has 0 aromatic heterocycles. The zero-order valence-electron chi connectivity index (χ0n) is 18.1. The first-order chi connectivity index (χ1) is 15.2. The molecule has 2 saturated heterocycles. The molecule has 0 radical (unpaired) electrons. The number of rotatable bonds is 6. The average molecular weight is 504 g/mol. The summed E-state index contributed by atoms with van der Waals surface area (Å²) in [7, 11) is 0. The van der Waals surface area contributed by atoms with E-state index in [1.54, 1.807) is 11.8 Å². The molecule has 0 aliphatic carbocycles. The summed E-state index contributed by atoms with van der Waals surface area (Å²) < 4.78 is 0. The van der Waals surface area contributed by atoms with Crippen LogP contribution in [0.3, 0.4) is 0 Å². The van der Waals surface area contributed by atoms with Gasteiger partial charge in [0, 0.05) is 30.9 Å². The lowest BCUT2D eigenvalue weighted by atomic mass is 9.96. The maximum Gasteiger partial charge on any atom is 0.240 e. The maximum atomic E-state index is 12.7. The zero-order chi connectivity index (χ0) is 21.6. The molecule has 0 bridgehead atoms. The van der Waals surface area contributed by atoms with Gasteiger partial charge < -0.3 is 15.5 Å². The van der Waals surface area contributed by atoms with Gasteiger partial charge in [-0.15, -0.1) is 36.6 Å². The first-order valence-corrected chi connectivity index (χ1v) is 11.7. The van der Waals surface area contributed by atoms with Crippen molar-refractivity contribution in [2.45, 2.75) is 31.0 Å². The third kappa shape index (κ3) is 6.86. The Kier molecular flexibility index (Phi) is 10.5. The second-order valence-electron chi connectivity index (χ2n) is 8.00. The van der Waals surface area contributed by atoms with Gasteiger partial charge in [-0.2, -0.15) is 10.5 Å². The van der Waals surface area contributed by atoms with Gasteiger partial charge in [-0.05, 0) is 48.2 Å². The summed E-state index contributed by atoms with van der Waals surface area (Å²) in [6.45, 7) is 1.59. The summed E-state index contributed by atoms with van der Waals surface area (Å²) >= 11 is 1.80. The van der Waals surface area contributed by atoms with Crippen LogP contribution in [0.4, 0.5) is 0 Å². The molecule has 2 aromatic rings. The van der Waals surface area contributed by atoms with E-state index < -0.39 is 0 Å². The van der Waals surface area contributed by atoms with Crippen LogP contribution >= 0.6 is 36.6 Å². The molecule has 174 valence electrons. The van der Waals surface area contributed by atoms with Crippen LogP contribution in [-0.4, -0.2) is 47.6 Å². The summed E-state index contributed by atoms with van der Waals surface area (Å²) in [5.74, 6) is 2.02. The van der Waals surface area contributed by atoms with Gasteiger partial charge >= 0.3 is 0 Å². The molecule has 1 unspecified atom stereocenters. The van der Waals surface area contributed by atoms with Crippen LogP contribution in [0.1, 0.15) is 34.7 Å². The molecule has 2 heterocycles. The number of nitrogens with zero attached hydrogens (tertiary/aromatic N) is 3. The Hall–Kier alpha value is -2.26. The third-order valence-electron chi connectivity index (χ3n) is 5.90. The number of hydrogen-bond donors (Lipinski definition) is 2. The largest absolute Gasteiger partial charge is 0.331 e. The fourth-order valence-corrected chi connectivity index (χ4v) is 5.11. The Balaban J connectivity index is 0.00000193.